The molecule has 14 heavy (non-hydrogen) atoms. The zero-order valence-electron chi connectivity index (χ0n) is 7.39. The van der Waals surface area contributed by atoms with Crippen LogP contribution < -0.4 is 0 Å². The van der Waals surface area contributed by atoms with E-state index in [1.807, 2.05) is 0 Å². The van der Waals surface area contributed by atoms with E-state index in [0.717, 1.165) is 6.92 Å². The van der Waals surface area contributed by atoms with E-state index in [9.17, 15) is 18.0 Å². The maximum Gasteiger partial charge on any atom is 0.394 e. The van der Waals surface area contributed by atoms with Crippen LogP contribution in [0.1, 0.15) is 6.92 Å². The number of esters is 1. The number of hydrogen-bond donors (Lipinski definition) is 0. The third-order valence-corrected chi connectivity index (χ3v) is 1.40. The van der Waals surface area contributed by atoms with E-state index < -0.39 is 30.2 Å². The lowest BCUT2D eigenvalue weighted by Crippen LogP contribution is -2.26. The van der Waals surface area contributed by atoms with E-state index >= 15 is 0 Å². The van der Waals surface area contributed by atoms with Gasteiger partial charge in [-0.05, 0) is 0 Å². The van der Waals surface area contributed by atoms with Crippen LogP contribution in [-0.2, 0) is 9.53 Å². The van der Waals surface area contributed by atoms with E-state index in [0.29, 0.717) is 0 Å². The molecule has 0 aromatic carbocycles. The molecule has 0 aliphatic heterocycles. The van der Waals surface area contributed by atoms with Crippen molar-refractivity contribution in [3.8, 4) is 6.07 Å². The van der Waals surface area contributed by atoms with Gasteiger partial charge < -0.3 is 4.74 Å². The van der Waals surface area contributed by atoms with Crippen molar-refractivity contribution in [2.45, 2.75) is 13.1 Å². The summed E-state index contributed by atoms with van der Waals surface area (Å²) in [4.78, 5) is 10.7. The van der Waals surface area contributed by atoms with Crippen molar-refractivity contribution in [2.75, 3.05) is 6.61 Å². The summed E-state index contributed by atoms with van der Waals surface area (Å²) in [5.74, 6) is -2.87. The smallest absolute Gasteiger partial charge is 0.394 e. The first-order valence-corrected chi connectivity index (χ1v) is 3.62. The molecule has 0 radical (unpaired) electrons. The molecule has 0 aliphatic rings. The third kappa shape index (κ3) is 3.94. The van der Waals surface area contributed by atoms with Crippen molar-refractivity contribution in [3.63, 3.8) is 0 Å². The minimum atomic E-state index is -4.41. The monoisotopic (exact) mass is 207 g/mol. The van der Waals surface area contributed by atoms with E-state index in [4.69, 9.17) is 5.26 Å². The van der Waals surface area contributed by atoms with E-state index in [-0.39, 0.29) is 0 Å². The van der Waals surface area contributed by atoms with Crippen LogP contribution in [0.4, 0.5) is 13.2 Å². The highest BCUT2D eigenvalue weighted by molar-refractivity contribution is 5.91. The molecule has 1 unspecified atom stereocenters. The number of carbonyl (C=O) groups is 1. The summed E-state index contributed by atoms with van der Waals surface area (Å²) < 4.78 is 39.9. The van der Waals surface area contributed by atoms with Gasteiger partial charge in [-0.25, -0.2) is 4.79 Å². The number of nitrogens with zero attached hydrogens (tertiary/aromatic N) is 1. The highest BCUT2D eigenvalue weighted by atomic mass is 19.4. The molecule has 0 N–H and O–H groups in total. The van der Waals surface area contributed by atoms with Gasteiger partial charge in [0.1, 0.15) is 18.2 Å². The molecule has 0 spiro atoms. The Kier molecular flexibility index (Phi) is 4.15. The van der Waals surface area contributed by atoms with E-state index in [1.165, 1.54) is 6.07 Å². The van der Waals surface area contributed by atoms with Crippen LogP contribution in [0.25, 0.3) is 0 Å². The Hall–Kier alpha value is -1.51. The van der Waals surface area contributed by atoms with Crippen molar-refractivity contribution in [3.05, 3.63) is 12.2 Å². The number of nitriles is 1. The summed E-state index contributed by atoms with van der Waals surface area (Å²) in [6.07, 6.45) is -4.41. The molecule has 0 amide bonds. The number of carbonyl (C=O) groups excluding carboxylic acids is 1. The lowest BCUT2D eigenvalue weighted by molar-refractivity contribution is -0.184. The second-order valence-corrected chi connectivity index (χ2v) is 2.63. The van der Waals surface area contributed by atoms with Crippen LogP contribution in [0.5, 0.6) is 0 Å². The predicted molar refractivity (Wildman–Crippen MR) is 40.9 cm³/mol. The molecule has 1 atom stereocenters. The standard InChI is InChI=1S/C8H8F3NO2/c1-5(3-12)7(13)14-4-6(2)8(9,10)11/h6H,1,4H2,2H3. The zero-order valence-corrected chi connectivity index (χ0v) is 7.39. The normalized spacial score (nSPS) is 12.8. The SMILES string of the molecule is C=C(C#N)C(=O)OCC(C)C(F)(F)F. The highest BCUT2D eigenvalue weighted by Gasteiger charge is 2.36. The molecule has 0 rings (SSSR count). The average Bonchev–Trinajstić information content (AvgIpc) is 2.10. The number of alkyl halides is 3. The molecule has 0 saturated heterocycles. The Morgan fingerprint density at radius 2 is 2.14 bits per heavy atom. The Bertz CT molecular complexity index is 277. The maximum atomic E-state index is 11.9. The topological polar surface area (TPSA) is 50.1 Å². The van der Waals surface area contributed by atoms with Gasteiger partial charge in [-0.2, -0.15) is 18.4 Å². The fourth-order valence-electron chi connectivity index (χ4n) is 0.428. The van der Waals surface area contributed by atoms with Crippen molar-refractivity contribution >= 4 is 5.97 Å². The Morgan fingerprint density at radius 3 is 2.50 bits per heavy atom. The van der Waals surface area contributed by atoms with Gasteiger partial charge in [-0.1, -0.05) is 13.5 Å². The molecule has 0 saturated carbocycles. The minimum absolute atomic E-state index is 0.514. The molecular formula is C8H8F3NO2. The van der Waals surface area contributed by atoms with Crippen LogP contribution in [0.3, 0.4) is 0 Å². The number of rotatable bonds is 3. The molecule has 0 aromatic heterocycles. The molecule has 78 valence electrons. The van der Waals surface area contributed by atoms with E-state index in [1.54, 1.807) is 0 Å². The Morgan fingerprint density at radius 1 is 1.64 bits per heavy atom. The van der Waals surface area contributed by atoms with Gasteiger partial charge in [-0.3, -0.25) is 0 Å². The van der Waals surface area contributed by atoms with Crippen LogP contribution >= 0.6 is 0 Å². The fraction of sp³-hybridized carbons (Fsp3) is 0.500. The first-order valence-electron chi connectivity index (χ1n) is 3.62. The molecule has 0 aromatic rings. The van der Waals surface area contributed by atoms with Crippen LogP contribution in [0.15, 0.2) is 12.2 Å². The van der Waals surface area contributed by atoms with Gasteiger partial charge in [0.05, 0.1) is 5.92 Å². The largest absolute Gasteiger partial charge is 0.461 e. The van der Waals surface area contributed by atoms with Crippen molar-refractivity contribution in [1.82, 2.24) is 0 Å². The molecule has 0 aliphatic carbocycles. The second-order valence-electron chi connectivity index (χ2n) is 2.63. The molecule has 0 fully saturated rings. The highest BCUT2D eigenvalue weighted by Crippen LogP contribution is 2.25. The van der Waals surface area contributed by atoms with Gasteiger partial charge in [0, 0.05) is 0 Å². The third-order valence-electron chi connectivity index (χ3n) is 1.40. The zero-order chi connectivity index (χ0) is 11.4. The van der Waals surface area contributed by atoms with Gasteiger partial charge >= 0.3 is 12.1 Å². The number of ether oxygens (including phenoxy) is 1. The summed E-state index contributed by atoms with van der Waals surface area (Å²) in [5, 5.41) is 8.16. The Balaban J connectivity index is 4.04. The predicted octanol–water partition coefficient (Wildman–Crippen LogP) is 1.81. The van der Waals surface area contributed by atoms with Crippen LogP contribution in [-0.4, -0.2) is 18.8 Å². The molecule has 6 heteroatoms. The molecule has 3 nitrogen and oxygen atoms in total. The van der Waals surface area contributed by atoms with Gasteiger partial charge in [0.2, 0.25) is 0 Å². The molecule has 0 bridgehead atoms. The summed E-state index contributed by atoms with van der Waals surface area (Å²) in [6, 6.07) is 1.38. The molecular weight excluding hydrogens is 199 g/mol. The molecule has 0 heterocycles. The summed E-state index contributed by atoms with van der Waals surface area (Å²) >= 11 is 0. The first kappa shape index (κ1) is 12.5. The van der Waals surface area contributed by atoms with Gasteiger partial charge in [0.15, 0.2) is 0 Å². The first-order chi connectivity index (χ1) is 6.29. The van der Waals surface area contributed by atoms with Crippen LogP contribution in [0.2, 0.25) is 0 Å². The minimum Gasteiger partial charge on any atom is -0.461 e. The van der Waals surface area contributed by atoms with Crippen molar-refractivity contribution in [1.29, 1.82) is 5.26 Å². The average molecular weight is 207 g/mol. The van der Waals surface area contributed by atoms with Crippen LogP contribution in [0, 0.1) is 17.2 Å². The fourth-order valence-corrected chi connectivity index (χ4v) is 0.428. The van der Waals surface area contributed by atoms with Gasteiger partial charge in [-0.15, -0.1) is 0 Å². The number of hydrogen-bond acceptors (Lipinski definition) is 3. The summed E-state index contributed by atoms with van der Waals surface area (Å²) in [6.45, 7) is 3.07. The lowest BCUT2D eigenvalue weighted by Gasteiger charge is -2.14. The Labute approximate surface area is 78.8 Å². The van der Waals surface area contributed by atoms with Gasteiger partial charge in [0.25, 0.3) is 0 Å². The summed E-state index contributed by atoms with van der Waals surface area (Å²) in [5.41, 5.74) is -0.514. The summed E-state index contributed by atoms with van der Waals surface area (Å²) in [7, 11) is 0. The maximum absolute atomic E-state index is 11.9. The lowest BCUT2D eigenvalue weighted by atomic mass is 10.2. The van der Waals surface area contributed by atoms with E-state index in [2.05, 4.69) is 11.3 Å². The quantitative estimate of drug-likeness (QED) is 0.403. The van der Waals surface area contributed by atoms with Crippen molar-refractivity contribution in [2.24, 2.45) is 5.92 Å². The number of halogens is 3. The second kappa shape index (κ2) is 4.65. The van der Waals surface area contributed by atoms with Crippen molar-refractivity contribution < 1.29 is 22.7 Å².